The Morgan fingerprint density at radius 2 is 2.16 bits per heavy atom. The second-order valence-corrected chi connectivity index (χ2v) is 3.96. The van der Waals surface area contributed by atoms with Gasteiger partial charge in [-0.2, -0.15) is 10.1 Å². The SMILES string of the molecule is Cn1ccc(-c2noc(-c3ccc(F)cc3O)n2)n1. The van der Waals surface area contributed by atoms with E-state index in [1.165, 1.54) is 12.1 Å². The summed E-state index contributed by atoms with van der Waals surface area (Å²) in [6.45, 7) is 0. The molecule has 96 valence electrons. The zero-order valence-electron chi connectivity index (χ0n) is 9.91. The summed E-state index contributed by atoms with van der Waals surface area (Å²) in [7, 11) is 1.77. The molecule has 1 N–H and O–H groups in total. The molecule has 19 heavy (non-hydrogen) atoms. The number of phenols is 1. The lowest BCUT2D eigenvalue weighted by Gasteiger charge is -1.97. The van der Waals surface area contributed by atoms with Crippen molar-refractivity contribution >= 4 is 0 Å². The van der Waals surface area contributed by atoms with Crippen LogP contribution in [0.3, 0.4) is 0 Å². The average molecular weight is 260 g/mol. The Labute approximate surface area is 107 Å². The van der Waals surface area contributed by atoms with Gasteiger partial charge in [0.25, 0.3) is 5.89 Å². The van der Waals surface area contributed by atoms with Crippen LogP contribution in [0.1, 0.15) is 0 Å². The van der Waals surface area contributed by atoms with E-state index in [9.17, 15) is 9.50 Å². The van der Waals surface area contributed by atoms with E-state index in [2.05, 4.69) is 15.2 Å². The first kappa shape index (κ1) is 11.4. The number of halogens is 1. The Hall–Kier alpha value is -2.70. The van der Waals surface area contributed by atoms with Gasteiger partial charge in [-0.25, -0.2) is 4.39 Å². The number of rotatable bonds is 2. The molecule has 0 unspecified atom stereocenters. The summed E-state index contributed by atoms with van der Waals surface area (Å²) in [5.41, 5.74) is 0.829. The maximum Gasteiger partial charge on any atom is 0.262 e. The van der Waals surface area contributed by atoms with Crippen LogP contribution < -0.4 is 0 Å². The molecular formula is C12H9FN4O2. The van der Waals surface area contributed by atoms with Crippen LogP contribution in [0.5, 0.6) is 5.75 Å². The van der Waals surface area contributed by atoms with Gasteiger partial charge in [0.1, 0.15) is 17.3 Å². The molecule has 3 aromatic rings. The molecule has 0 atom stereocenters. The van der Waals surface area contributed by atoms with E-state index in [1.807, 2.05) is 0 Å². The number of phenolic OH excluding ortho intramolecular Hbond substituents is 1. The molecule has 0 saturated heterocycles. The van der Waals surface area contributed by atoms with Crippen LogP contribution in [-0.4, -0.2) is 25.0 Å². The zero-order valence-corrected chi connectivity index (χ0v) is 9.91. The minimum atomic E-state index is -0.536. The average Bonchev–Trinajstić information content (AvgIpc) is 2.97. The predicted octanol–water partition coefficient (Wildman–Crippen LogP) is 1.98. The van der Waals surface area contributed by atoms with Crippen molar-refractivity contribution in [1.82, 2.24) is 19.9 Å². The van der Waals surface area contributed by atoms with Crippen LogP contribution in [0.2, 0.25) is 0 Å². The van der Waals surface area contributed by atoms with Gasteiger partial charge in [-0.05, 0) is 18.2 Å². The van der Waals surface area contributed by atoms with Crippen molar-refractivity contribution in [2.75, 3.05) is 0 Å². The summed E-state index contributed by atoms with van der Waals surface area (Å²) in [6.07, 6.45) is 1.75. The molecule has 0 radical (unpaired) electrons. The van der Waals surface area contributed by atoms with E-state index in [0.717, 1.165) is 6.07 Å². The molecule has 0 aliphatic rings. The van der Waals surface area contributed by atoms with Gasteiger partial charge in [-0.15, -0.1) is 0 Å². The minimum Gasteiger partial charge on any atom is -0.507 e. The molecule has 2 aromatic heterocycles. The van der Waals surface area contributed by atoms with Gasteiger partial charge in [0, 0.05) is 19.3 Å². The number of benzene rings is 1. The van der Waals surface area contributed by atoms with Gasteiger partial charge in [-0.1, -0.05) is 5.16 Å². The standard InChI is InChI=1S/C12H9FN4O2/c1-17-5-4-9(15-17)11-14-12(19-16-11)8-3-2-7(13)6-10(8)18/h2-6,18H,1H3. The Balaban J connectivity index is 2.01. The van der Waals surface area contributed by atoms with Crippen molar-refractivity contribution in [3.05, 3.63) is 36.3 Å². The molecular weight excluding hydrogens is 251 g/mol. The molecule has 0 aliphatic carbocycles. The van der Waals surface area contributed by atoms with Crippen LogP contribution in [0.4, 0.5) is 4.39 Å². The molecule has 0 aliphatic heterocycles. The highest BCUT2D eigenvalue weighted by molar-refractivity contribution is 5.63. The Morgan fingerprint density at radius 1 is 1.32 bits per heavy atom. The summed E-state index contributed by atoms with van der Waals surface area (Å²) >= 11 is 0. The van der Waals surface area contributed by atoms with Crippen LogP contribution >= 0.6 is 0 Å². The zero-order chi connectivity index (χ0) is 13.4. The first-order valence-electron chi connectivity index (χ1n) is 5.46. The van der Waals surface area contributed by atoms with Crippen LogP contribution in [0.25, 0.3) is 23.0 Å². The quantitative estimate of drug-likeness (QED) is 0.762. The van der Waals surface area contributed by atoms with E-state index in [-0.39, 0.29) is 17.2 Å². The van der Waals surface area contributed by atoms with Crippen molar-refractivity contribution in [3.63, 3.8) is 0 Å². The summed E-state index contributed by atoms with van der Waals surface area (Å²) in [6, 6.07) is 5.30. The normalized spacial score (nSPS) is 10.8. The summed E-state index contributed by atoms with van der Waals surface area (Å²) in [4.78, 5) is 4.12. The number of aryl methyl sites for hydroxylation is 1. The Kier molecular flexibility index (Phi) is 2.52. The fourth-order valence-electron chi connectivity index (χ4n) is 1.66. The molecule has 2 heterocycles. The lowest BCUT2D eigenvalue weighted by atomic mass is 10.2. The summed E-state index contributed by atoms with van der Waals surface area (Å²) in [5.74, 6) is -0.376. The van der Waals surface area contributed by atoms with Crippen LogP contribution in [0.15, 0.2) is 35.0 Å². The van der Waals surface area contributed by atoms with Gasteiger partial charge in [0.15, 0.2) is 0 Å². The molecule has 1 aromatic carbocycles. The fourth-order valence-corrected chi connectivity index (χ4v) is 1.66. The van der Waals surface area contributed by atoms with Crippen molar-refractivity contribution in [3.8, 4) is 28.7 Å². The first-order chi connectivity index (χ1) is 9.13. The highest BCUT2D eigenvalue weighted by atomic mass is 19.1. The van der Waals surface area contributed by atoms with E-state index >= 15 is 0 Å². The minimum absolute atomic E-state index is 0.109. The Bertz CT molecular complexity index is 735. The van der Waals surface area contributed by atoms with E-state index in [1.54, 1.807) is 24.0 Å². The smallest absolute Gasteiger partial charge is 0.262 e. The van der Waals surface area contributed by atoms with Crippen molar-refractivity contribution < 1.29 is 14.0 Å². The topological polar surface area (TPSA) is 77.0 Å². The maximum absolute atomic E-state index is 12.9. The summed E-state index contributed by atoms with van der Waals surface area (Å²) < 4.78 is 19.6. The van der Waals surface area contributed by atoms with Gasteiger partial charge in [0.2, 0.25) is 5.82 Å². The van der Waals surface area contributed by atoms with Gasteiger partial charge < -0.3 is 9.63 Å². The lowest BCUT2D eigenvalue weighted by molar-refractivity contribution is 0.424. The molecule has 0 bridgehead atoms. The van der Waals surface area contributed by atoms with Crippen molar-refractivity contribution in [2.24, 2.45) is 7.05 Å². The third-order valence-electron chi connectivity index (χ3n) is 2.56. The Morgan fingerprint density at radius 3 is 2.84 bits per heavy atom. The summed E-state index contributed by atoms with van der Waals surface area (Å²) in [5, 5.41) is 17.5. The van der Waals surface area contributed by atoms with Gasteiger partial charge in [0.05, 0.1) is 5.56 Å². The molecule has 6 nitrogen and oxygen atoms in total. The monoisotopic (exact) mass is 260 g/mol. The second-order valence-electron chi connectivity index (χ2n) is 3.96. The molecule has 0 saturated carbocycles. The van der Waals surface area contributed by atoms with Crippen LogP contribution in [0, 0.1) is 5.82 Å². The van der Waals surface area contributed by atoms with Gasteiger partial charge in [-0.3, -0.25) is 4.68 Å². The van der Waals surface area contributed by atoms with Gasteiger partial charge >= 0.3 is 0 Å². The van der Waals surface area contributed by atoms with Crippen LogP contribution in [-0.2, 0) is 7.05 Å². The molecule has 0 fully saturated rings. The fraction of sp³-hybridized carbons (Fsp3) is 0.0833. The maximum atomic E-state index is 12.9. The molecule has 3 rings (SSSR count). The second kappa shape index (κ2) is 4.20. The largest absolute Gasteiger partial charge is 0.507 e. The van der Waals surface area contributed by atoms with Crippen molar-refractivity contribution in [2.45, 2.75) is 0 Å². The number of hydrogen-bond acceptors (Lipinski definition) is 5. The first-order valence-corrected chi connectivity index (χ1v) is 5.46. The highest BCUT2D eigenvalue weighted by Gasteiger charge is 2.15. The lowest BCUT2D eigenvalue weighted by Crippen LogP contribution is -1.89. The number of nitrogens with zero attached hydrogens (tertiary/aromatic N) is 4. The van der Waals surface area contributed by atoms with E-state index < -0.39 is 5.82 Å². The highest BCUT2D eigenvalue weighted by Crippen LogP contribution is 2.29. The predicted molar refractivity (Wildman–Crippen MR) is 63.6 cm³/mol. The van der Waals surface area contributed by atoms with Crippen molar-refractivity contribution in [1.29, 1.82) is 0 Å². The van der Waals surface area contributed by atoms with E-state index in [0.29, 0.717) is 11.5 Å². The number of aromatic hydroxyl groups is 1. The number of aromatic nitrogens is 4. The molecule has 7 heteroatoms. The molecule has 0 spiro atoms. The van der Waals surface area contributed by atoms with E-state index in [4.69, 9.17) is 4.52 Å². The third-order valence-corrected chi connectivity index (χ3v) is 2.56. The number of hydrogen-bond donors (Lipinski definition) is 1. The third kappa shape index (κ3) is 2.05. The molecule has 0 amide bonds.